The van der Waals surface area contributed by atoms with Gasteiger partial charge in [-0.3, -0.25) is 14.9 Å². The van der Waals surface area contributed by atoms with E-state index in [1.54, 1.807) is 0 Å². The summed E-state index contributed by atoms with van der Waals surface area (Å²) in [6.45, 7) is 5.71. The summed E-state index contributed by atoms with van der Waals surface area (Å²) in [6, 6.07) is -0.307. The molecule has 1 radical (unpaired) electrons. The molecule has 0 aliphatic rings. The van der Waals surface area contributed by atoms with E-state index in [9.17, 15) is 9.59 Å². The van der Waals surface area contributed by atoms with Gasteiger partial charge < -0.3 is 0 Å². The monoisotopic (exact) mass is 170 g/mol. The average molecular weight is 170 g/mol. The van der Waals surface area contributed by atoms with Crippen molar-refractivity contribution >= 4 is 12.1 Å². The molecule has 3 nitrogen and oxygen atoms in total. The largest absolute Gasteiger partial charge is 0.300 e. The maximum atomic E-state index is 10.6. The van der Waals surface area contributed by atoms with Crippen molar-refractivity contribution in [2.24, 2.45) is 5.92 Å². The molecule has 0 rings (SSSR count). The zero-order valence-electron chi connectivity index (χ0n) is 7.89. The molecule has 0 aromatic carbocycles. The highest BCUT2D eigenvalue weighted by Crippen LogP contribution is 2.04. The second kappa shape index (κ2) is 5.89. The van der Waals surface area contributed by atoms with E-state index >= 15 is 0 Å². The van der Waals surface area contributed by atoms with Gasteiger partial charge in [-0.2, -0.15) is 0 Å². The van der Waals surface area contributed by atoms with Crippen molar-refractivity contribution in [2.45, 2.75) is 33.2 Å². The Bertz CT molecular complexity index is 157. The van der Waals surface area contributed by atoms with Gasteiger partial charge in [-0.1, -0.05) is 20.3 Å². The van der Waals surface area contributed by atoms with Gasteiger partial charge in [0.05, 0.1) is 12.6 Å². The minimum absolute atomic E-state index is 0.0403. The first-order chi connectivity index (χ1) is 5.61. The fourth-order valence-corrected chi connectivity index (χ4v) is 0.848. The molecule has 0 bridgehead atoms. The van der Waals surface area contributed by atoms with E-state index in [1.807, 2.05) is 20.1 Å². The van der Waals surface area contributed by atoms with Crippen LogP contribution < -0.4 is 5.32 Å². The molecule has 0 aromatic heterocycles. The number of hydrogen-bond acceptors (Lipinski definition) is 3. The third-order valence-electron chi connectivity index (χ3n) is 1.91. The highest BCUT2D eigenvalue weighted by atomic mass is 16.1. The molecular formula is C9H16NO2. The Morgan fingerprint density at radius 1 is 1.58 bits per heavy atom. The van der Waals surface area contributed by atoms with Crippen LogP contribution in [-0.4, -0.2) is 24.7 Å². The maximum absolute atomic E-state index is 10.6. The molecule has 0 aliphatic heterocycles. The fourth-order valence-electron chi connectivity index (χ4n) is 0.848. The van der Waals surface area contributed by atoms with Gasteiger partial charge in [0.2, 0.25) is 6.29 Å². The summed E-state index contributed by atoms with van der Waals surface area (Å²) in [5.41, 5.74) is 0. The number of carbonyl (C=O) groups is 1. The first-order valence-electron chi connectivity index (χ1n) is 4.22. The lowest BCUT2D eigenvalue weighted by Crippen LogP contribution is -2.38. The Hall–Kier alpha value is -0.700. The normalized spacial score (nSPS) is 15.2. The average Bonchev–Trinajstić information content (AvgIpc) is 2.04. The van der Waals surface area contributed by atoms with Crippen molar-refractivity contribution in [3.8, 4) is 0 Å². The Morgan fingerprint density at radius 3 is 2.50 bits per heavy atom. The van der Waals surface area contributed by atoms with Gasteiger partial charge in [-0.25, -0.2) is 0 Å². The number of carbonyl (C=O) groups excluding carboxylic acids is 2. The smallest absolute Gasteiger partial charge is 0.217 e. The predicted molar refractivity (Wildman–Crippen MR) is 47.6 cm³/mol. The second-order valence-corrected chi connectivity index (χ2v) is 3.06. The van der Waals surface area contributed by atoms with Gasteiger partial charge >= 0.3 is 0 Å². The molecule has 69 valence electrons. The van der Waals surface area contributed by atoms with Crippen molar-refractivity contribution in [3.05, 3.63) is 0 Å². The zero-order valence-corrected chi connectivity index (χ0v) is 7.89. The topological polar surface area (TPSA) is 46.2 Å². The van der Waals surface area contributed by atoms with Gasteiger partial charge in [-0.15, -0.1) is 0 Å². The van der Waals surface area contributed by atoms with Crippen LogP contribution >= 0.6 is 0 Å². The van der Waals surface area contributed by atoms with Gasteiger partial charge in [0, 0.05) is 0 Å². The minimum atomic E-state index is -0.307. The lowest BCUT2D eigenvalue weighted by Gasteiger charge is -2.16. The number of Topliss-reactive ketones (excluding diaryl/α,β-unsaturated/α-hetero) is 1. The first-order valence-corrected chi connectivity index (χ1v) is 4.22. The van der Waals surface area contributed by atoms with Crippen LogP contribution in [0.5, 0.6) is 0 Å². The molecule has 0 unspecified atom stereocenters. The summed E-state index contributed by atoms with van der Waals surface area (Å²) in [6.07, 6.45) is 2.80. The van der Waals surface area contributed by atoms with Crippen molar-refractivity contribution < 1.29 is 9.59 Å². The highest BCUT2D eigenvalue weighted by molar-refractivity contribution is 5.78. The number of rotatable bonds is 6. The first kappa shape index (κ1) is 11.3. The summed E-state index contributed by atoms with van der Waals surface area (Å²) in [5, 5.41) is 2.85. The Balaban J connectivity index is 3.82. The van der Waals surface area contributed by atoms with E-state index in [0.29, 0.717) is 0 Å². The van der Waals surface area contributed by atoms with Crippen molar-refractivity contribution in [1.29, 1.82) is 0 Å². The molecule has 0 fully saturated rings. The molecule has 0 aromatic rings. The van der Waals surface area contributed by atoms with Gasteiger partial charge in [0.1, 0.15) is 5.78 Å². The fraction of sp³-hybridized carbons (Fsp3) is 0.778. The molecule has 0 amide bonds. The highest BCUT2D eigenvalue weighted by Gasteiger charge is 2.14. The molecule has 12 heavy (non-hydrogen) atoms. The van der Waals surface area contributed by atoms with E-state index < -0.39 is 0 Å². The number of ketones is 1. The van der Waals surface area contributed by atoms with Crippen molar-refractivity contribution in [2.75, 3.05) is 6.54 Å². The van der Waals surface area contributed by atoms with Crippen LogP contribution in [0.4, 0.5) is 0 Å². The van der Waals surface area contributed by atoms with E-state index in [0.717, 1.165) is 6.42 Å². The zero-order chi connectivity index (χ0) is 9.56. The van der Waals surface area contributed by atoms with Crippen molar-refractivity contribution in [1.82, 2.24) is 5.32 Å². The van der Waals surface area contributed by atoms with Crippen LogP contribution in [0.3, 0.4) is 0 Å². The third kappa shape index (κ3) is 4.23. The molecule has 2 atom stereocenters. The third-order valence-corrected chi connectivity index (χ3v) is 1.91. The van der Waals surface area contributed by atoms with E-state index in [1.165, 1.54) is 6.92 Å². The quantitative estimate of drug-likeness (QED) is 0.638. The van der Waals surface area contributed by atoms with Crippen LogP contribution in [0, 0.1) is 5.92 Å². The van der Waals surface area contributed by atoms with Crippen LogP contribution in [0.15, 0.2) is 0 Å². The summed E-state index contributed by atoms with van der Waals surface area (Å²) in [4.78, 5) is 21.0. The molecule has 0 saturated heterocycles. The van der Waals surface area contributed by atoms with Gasteiger partial charge in [0.15, 0.2) is 0 Å². The maximum Gasteiger partial charge on any atom is 0.217 e. The van der Waals surface area contributed by atoms with Crippen LogP contribution in [-0.2, 0) is 9.59 Å². The van der Waals surface area contributed by atoms with Crippen molar-refractivity contribution in [3.63, 3.8) is 0 Å². The summed E-state index contributed by atoms with van der Waals surface area (Å²) >= 11 is 0. The SMILES string of the molecule is CC[C@H](C)[C@@H]([C]=O)NCC(C)=O. The number of nitrogens with one attached hydrogen (secondary N) is 1. The molecule has 1 N–H and O–H groups in total. The lowest BCUT2D eigenvalue weighted by atomic mass is 10.0. The molecule has 0 aliphatic carbocycles. The van der Waals surface area contributed by atoms with Crippen LogP contribution in [0.2, 0.25) is 0 Å². The van der Waals surface area contributed by atoms with E-state index in [-0.39, 0.29) is 24.3 Å². The Morgan fingerprint density at radius 2 is 2.17 bits per heavy atom. The minimum Gasteiger partial charge on any atom is -0.300 e. The number of hydrogen-bond donors (Lipinski definition) is 1. The summed E-state index contributed by atoms with van der Waals surface area (Å²) in [7, 11) is 0. The summed E-state index contributed by atoms with van der Waals surface area (Å²) < 4.78 is 0. The molecule has 0 saturated carbocycles. The van der Waals surface area contributed by atoms with Gasteiger partial charge in [0.25, 0.3) is 0 Å². The molecule has 3 heteroatoms. The standard InChI is InChI=1S/C9H16NO2/c1-4-7(2)9(6-11)10-5-8(3)12/h7,9-10H,4-5H2,1-3H3/t7-,9+/m0/s1. The second-order valence-electron chi connectivity index (χ2n) is 3.06. The Kier molecular flexibility index (Phi) is 5.54. The molecule has 0 spiro atoms. The molecule has 0 heterocycles. The lowest BCUT2D eigenvalue weighted by molar-refractivity contribution is -0.116. The Labute approximate surface area is 73.5 Å². The van der Waals surface area contributed by atoms with E-state index in [4.69, 9.17) is 0 Å². The molecular weight excluding hydrogens is 154 g/mol. The van der Waals surface area contributed by atoms with Crippen LogP contribution in [0.1, 0.15) is 27.2 Å². The summed E-state index contributed by atoms with van der Waals surface area (Å²) in [5.74, 6) is 0.278. The van der Waals surface area contributed by atoms with Gasteiger partial charge in [-0.05, 0) is 12.8 Å². The van der Waals surface area contributed by atoms with Crippen LogP contribution in [0.25, 0.3) is 0 Å². The predicted octanol–water partition coefficient (Wildman–Crippen LogP) is 0.689. The van der Waals surface area contributed by atoms with E-state index in [2.05, 4.69) is 5.32 Å².